The molecule has 2 fully saturated rings. The van der Waals surface area contributed by atoms with Crippen LogP contribution in [0.1, 0.15) is 13.3 Å². The molecular weight excluding hydrogens is 224 g/mol. The number of carbonyl (C=O) groups excluding carboxylic acids is 2. The SMILES string of the molecule is CCC1C(=O)NCCN1C(=O)C1COCCO1. The van der Waals surface area contributed by atoms with Crippen LogP contribution in [0.15, 0.2) is 0 Å². The van der Waals surface area contributed by atoms with E-state index in [0.717, 1.165) is 0 Å². The van der Waals surface area contributed by atoms with Gasteiger partial charge in [0.2, 0.25) is 5.91 Å². The maximum atomic E-state index is 12.2. The molecule has 2 saturated heterocycles. The molecule has 0 aromatic carbocycles. The van der Waals surface area contributed by atoms with Crippen molar-refractivity contribution in [3.63, 3.8) is 0 Å². The van der Waals surface area contributed by atoms with Crippen LogP contribution in [0.2, 0.25) is 0 Å². The summed E-state index contributed by atoms with van der Waals surface area (Å²) in [6.45, 7) is 4.20. The molecule has 0 aromatic heterocycles. The molecule has 2 aliphatic heterocycles. The highest BCUT2D eigenvalue weighted by molar-refractivity contribution is 5.90. The molecule has 1 N–H and O–H groups in total. The van der Waals surface area contributed by atoms with Gasteiger partial charge in [-0.2, -0.15) is 0 Å². The molecule has 2 atom stereocenters. The van der Waals surface area contributed by atoms with Crippen LogP contribution in [-0.2, 0) is 19.1 Å². The predicted octanol–water partition coefficient (Wildman–Crippen LogP) is -0.861. The normalized spacial score (nSPS) is 29.9. The van der Waals surface area contributed by atoms with Crippen molar-refractivity contribution < 1.29 is 19.1 Å². The Morgan fingerprint density at radius 3 is 3.00 bits per heavy atom. The zero-order valence-electron chi connectivity index (χ0n) is 9.98. The van der Waals surface area contributed by atoms with E-state index in [4.69, 9.17) is 9.47 Å². The lowest BCUT2D eigenvalue weighted by molar-refractivity contribution is -0.164. The highest BCUT2D eigenvalue weighted by atomic mass is 16.6. The van der Waals surface area contributed by atoms with Gasteiger partial charge in [0.1, 0.15) is 6.04 Å². The maximum Gasteiger partial charge on any atom is 0.254 e. The summed E-state index contributed by atoms with van der Waals surface area (Å²) >= 11 is 0. The van der Waals surface area contributed by atoms with Crippen molar-refractivity contribution in [3.8, 4) is 0 Å². The van der Waals surface area contributed by atoms with Gasteiger partial charge in [-0.3, -0.25) is 9.59 Å². The van der Waals surface area contributed by atoms with Gasteiger partial charge in [-0.15, -0.1) is 0 Å². The van der Waals surface area contributed by atoms with Crippen LogP contribution < -0.4 is 5.32 Å². The quantitative estimate of drug-likeness (QED) is 0.684. The Morgan fingerprint density at radius 1 is 1.53 bits per heavy atom. The average Bonchev–Trinajstić information content (AvgIpc) is 2.38. The predicted molar refractivity (Wildman–Crippen MR) is 59.4 cm³/mol. The van der Waals surface area contributed by atoms with Crippen molar-refractivity contribution in [1.29, 1.82) is 0 Å². The second kappa shape index (κ2) is 5.46. The molecule has 6 nitrogen and oxygen atoms in total. The van der Waals surface area contributed by atoms with Crippen LogP contribution >= 0.6 is 0 Å². The minimum absolute atomic E-state index is 0.0798. The average molecular weight is 242 g/mol. The number of carbonyl (C=O) groups is 2. The standard InChI is InChI=1S/C11H18N2O4/c1-2-8-10(14)12-3-4-13(8)11(15)9-7-16-5-6-17-9/h8-9H,2-7H2,1H3,(H,12,14). The summed E-state index contributed by atoms with van der Waals surface area (Å²) in [6.07, 6.45) is 0.0641. The van der Waals surface area contributed by atoms with Gasteiger partial charge in [0.05, 0.1) is 19.8 Å². The summed E-state index contributed by atoms with van der Waals surface area (Å²) in [7, 11) is 0. The lowest BCUT2D eigenvalue weighted by atomic mass is 10.1. The lowest BCUT2D eigenvalue weighted by Gasteiger charge is -2.37. The first-order valence-corrected chi connectivity index (χ1v) is 6.01. The number of hydrogen-bond acceptors (Lipinski definition) is 4. The van der Waals surface area contributed by atoms with Crippen molar-refractivity contribution in [2.75, 3.05) is 32.9 Å². The molecule has 2 rings (SSSR count). The van der Waals surface area contributed by atoms with Gasteiger partial charge < -0.3 is 19.7 Å². The van der Waals surface area contributed by atoms with Crippen LogP contribution in [0.4, 0.5) is 0 Å². The number of piperazine rings is 1. The van der Waals surface area contributed by atoms with Gasteiger partial charge in [0.15, 0.2) is 6.10 Å². The van der Waals surface area contributed by atoms with E-state index in [1.165, 1.54) is 0 Å². The molecule has 2 amide bonds. The van der Waals surface area contributed by atoms with E-state index in [2.05, 4.69) is 5.32 Å². The summed E-state index contributed by atoms with van der Waals surface area (Å²) in [6, 6.07) is -0.373. The minimum Gasteiger partial charge on any atom is -0.376 e. The Morgan fingerprint density at radius 2 is 2.35 bits per heavy atom. The summed E-state index contributed by atoms with van der Waals surface area (Å²) in [5.74, 6) is -0.213. The molecule has 0 aliphatic carbocycles. The summed E-state index contributed by atoms with van der Waals surface area (Å²) in [5, 5.41) is 2.77. The number of nitrogens with zero attached hydrogens (tertiary/aromatic N) is 1. The Bertz CT molecular complexity index is 302. The van der Waals surface area contributed by atoms with Crippen LogP contribution in [0.5, 0.6) is 0 Å². The van der Waals surface area contributed by atoms with Gasteiger partial charge in [0, 0.05) is 13.1 Å². The third kappa shape index (κ3) is 2.58. The van der Waals surface area contributed by atoms with Crippen LogP contribution in [0, 0.1) is 0 Å². The summed E-state index contributed by atoms with van der Waals surface area (Å²) in [5.41, 5.74) is 0. The number of hydrogen-bond donors (Lipinski definition) is 1. The van der Waals surface area contributed by atoms with E-state index in [-0.39, 0.29) is 24.5 Å². The molecule has 6 heteroatoms. The highest BCUT2D eigenvalue weighted by Crippen LogP contribution is 2.13. The maximum absolute atomic E-state index is 12.2. The van der Waals surface area contributed by atoms with Gasteiger partial charge in [-0.05, 0) is 6.42 Å². The number of nitrogens with one attached hydrogen (secondary N) is 1. The molecule has 0 spiro atoms. The van der Waals surface area contributed by atoms with E-state index in [9.17, 15) is 9.59 Å². The Balaban J connectivity index is 2.03. The first-order valence-electron chi connectivity index (χ1n) is 6.01. The van der Waals surface area contributed by atoms with E-state index < -0.39 is 6.10 Å². The molecule has 2 aliphatic rings. The van der Waals surface area contributed by atoms with Gasteiger partial charge in [-0.1, -0.05) is 6.92 Å². The molecule has 96 valence electrons. The van der Waals surface area contributed by atoms with Gasteiger partial charge in [-0.25, -0.2) is 0 Å². The van der Waals surface area contributed by atoms with Crippen molar-refractivity contribution in [3.05, 3.63) is 0 Å². The number of amides is 2. The summed E-state index contributed by atoms with van der Waals surface area (Å²) < 4.78 is 10.6. The third-order valence-corrected chi connectivity index (χ3v) is 3.09. The zero-order chi connectivity index (χ0) is 12.3. The van der Waals surface area contributed by atoms with E-state index in [1.54, 1.807) is 4.90 Å². The van der Waals surface area contributed by atoms with Crippen molar-refractivity contribution in [1.82, 2.24) is 10.2 Å². The van der Waals surface area contributed by atoms with Crippen molar-refractivity contribution >= 4 is 11.8 Å². The first-order chi connectivity index (χ1) is 8.24. The molecule has 0 radical (unpaired) electrons. The Labute approximate surface area is 100 Å². The topological polar surface area (TPSA) is 67.9 Å². The van der Waals surface area contributed by atoms with Crippen molar-refractivity contribution in [2.45, 2.75) is 25.5 Å². The second-order valence-electron chi connectivity index (χ2n) is 4.18. The third-order valence-electron chi connectivity index (χ3n) is 3.09. The molecule has 0 bridgehead atoms. The number of rotatable bonds is 2. The summed E-state index contributed by atoms with van der Waals surface area (Å²) in [4.78, 5) is 25.5. The molecule has 2 unspecified atom stereocenters. The van der Waals surface area contributed by atoms with E-state index in [1.807, 2.05) is 6.92 Å². The Kier molecular flexibility index (Phi) is 3.96. The van der Waals surface area contributed by atoms with Crippen LogP contribution in [0.3, 0.4) is 0 Å². The molecule has 2 heterocycles. The minimum atomic E-state index is -0.552. The fourth-order valence-electron chi connectivity index (χ4n) is 2.20. The van der Waals surface area contributed by atoms with Crippen molar-refractivity contribution in [2.24, 2.45) is 0 Å². The highest BCUT2D eigenvalue weighted by Gasteiger charge is 2.36. The van der Waals surface area contributed by atoms with Gasteiger partial charge >= 0.3 is 0 Å². The fraction of sp³-hybridized carbons (Fsp3) is 0.818. The number of ether oxygens (including phenoxy) is 2. The second-order valence-corrected chi connectivity index (χ2v) is 4.18. The smallest absolute Gasteiger partial charge is 0.254 e. The monoisotopic (exact) mass is 242 g/mol. The van der Waals surface area contributed by atoms with Crippen LogP contribution in [0.25, 0.3) is 0 Å². The molecule has 0 aromatic rings. The molecule has 0 saturated carbocycles. The Hall–Kier alpha value is -1.14. The lowest BCUT2D eigenvalue weighted by Crippen LogP contribution is -2.60. The zero-order valence-corrected chi connectivity index (χ0v) is 9.98. The van der Waals surface area contributed by atoms with Gasteiger partial charge in [0.25, 0.3) is 5.91 Å². The fourth-order valence-corrected chi connectivity index (χ4v) is 2.20. The largest absolute Gasteiger partial charge is 0.376 e. The van der Waals surface area contributed by atoms with E-state index in [0.29, 0.717) is 32.7 Å². The first kappa shape index (κ1) is 12.3. The van der Waals surface area contributed by atoms with Crippen LogP contribution in [-0.4, -0.2) is 61.8 Å². The van der Waals surface area contributed by atoms with E-state index >= 15 is 0 Å². The molecule has 17 heavy (non-hydrogen) atoms. The molecular formula is C11H18N2O4.